The van der Waals surface area contributed by atoms with Crippen molar-refractivity contribution in [3.8, 4) is 0 Å². The van der Waals surface area contributed by atoms with E-state index in [1.165, 1.54) is 6.07 Å². The van der Waals surface area contributed by atoms with E-state index in [0.29, 0.717) is 12.2 Å². The molecule has 0 unspecified atom stereocenters. The summed E-state index contributed by atoms with van der Waals surface area (Å²) in [6.07, 6.45) is 3.64. The van der Waals surface area contributed by atoms with E-state index in [4.69, 9.17) is 5.11 Å². The van der Waals surface area contributed by atoms with Gasteiger partial charge in [0.1, 0.15) is 5.69 Å². The molecule has 1 N–H and O–H groups in total. The van der Waals surface area contributed by atoms with Crippen LogP contribution in [-0.4, -0.2) is 25.8 Å². The van der Waals surface area contributed by atoms with E-state index in [2.05, 4.69) is 10.1 Å². The van der Waals surface area contributed by atoms with Gasteiger partial charge in [-0.25, -0.2) is 9.78 Å². The van der Waals surface area contributed by atoms with Crippen molar-refractivity contribution in [3.05, 3.63) is 47.5 Å². The maximum Gasteiger partial charge on any atom is 0.354 e. The first-order chi connectivity index (χ1) is 7.65. The van der Waals surface area contributed by atoms with Crippen LogP contribution in [0.4, 0.5) is 0 Å². The largest absolute Gasteiger partial charge is 0.477 e. The number of rotatable bonds is 3. The van der Waals surface area contributed by atoms with E-state index in [1.54, 1.807) is 23.0 Å². The van der Waals surface area contributed by atoms with Crippen molar-refractivity contribution in [2.24, 2.45) is 0 Å². The Hall–Kier alpha value is -2.17. The van der Waals surface area contributed by atoms with Crippen LogP contribution in [0.3, 0.4) is 0 Å². The molecule has 2 rings (SSSR count). The van der Waals surface area contributed by atoms with Crippen molar-refractivity contribution in [1.82, 2.24) is 14.8 Å². The lowest BCUT2D eigenvalue weighted by Gasteiger charge is -2.01. The Labute approximate surface area is 92.4 Å². The minimum Gasteiger partial charge on any atom is -0.477 e. The maximum absolute atomic E-state index is 10.7. The number of aryl methyl sites for hydroxylation is 1. The fourth-order valence-electron chi connectivity index (χ4n) is 1.41. The summed E-state index contributed by atoms with van der Waals surface area (Å²) >= 11 is 0. The number of hydrogen-bond acceptors (Lipinski definition) is 3. The minimum absolute atomic E-state index is 0.0568. The van der Waals surface area contributed by atoms with Crippen LogP contribution in [0.1, 0.15) is 21.7 Å². The summed E-state index contributed by atoms with van der Waals surface area (Å²) in [4.78, 5) is 14.7. The van der Waals surface area contributed by atoms with Crippen LogP contribution >= 0.6 is 0 Å². The minimum atomic E-state index is -1.02. The number of carbonyl (C=O) groups is 1. The number of pyridine rings is 1. The molecular formula is C11H11N3O2. The van der Waals surface area contributed by atoms with Gasteiger partial charge in [0, 0.05) is 6.20 Å². The lowest BCUT2D eigenvalue weighted by molar-refractivity contribution is 0.0690. The summed E-state index contributed by atoms with van der Waals surface area (Å²) in [5, 5.41) is 12.9. The monoisotopic (exact) mass is 217 g/mol. The van der Waals surface area contributed by atoms with Crippen molar-refractivity contribution < 1.29 is 9.90 Å². The Kier molecular flexibility index (Phi) is 2.68. The first kappa shape index (κ1) is 10.4. The fourth-order valence-corrected chi connectivity index (χ4v) is 1.41. The molecule has 0 amide bonds. The molecule has 82 valence electrons. The smallest absolute Gasteiger partial charge is 0.354 e. The third-order valence-corrected chi connectivity index (χ3v) is 2.11. The first-order valence-electron chi connectivity index (χ1n) is 4.83. The Bertz CT molecular complexity index is 519. The Morgan fingerprint density at radius 3 is 2.94 bits per heavy atom. The number of hydrogen-bond donors (Lipinski definition) is 1. The highest BCUT2D eigenvalue weighted by molar-refractivity contribution is 5.85. The summed E-state index contributed by atoms with van der Waals surface area (Å²) < 4.78 is 1.73. The summed E-state index contributed by atoms with van der Waals surface area (Å²) in [5.41, 5.74) is 1.80. The molecule has 0 aliphatic heterocycles. The average Bonchev–Trinajstić information content (AvgIpc) is 2.64. The molecule has 0 aliphatic carbocycles. The molecule has 2 aromatic rings. The molecule has 0 bridgehead atoms. The normalized spacial score (nSPS) is 10.3. The third kappa shape index (κ3) is 2.25. The van der Waals surface area contributed by atoms with Crippen molar-refractivity contribution in [3.63, 3.8) is 0 Å². The summed E-state index contributed by atoms with van der Waals surface area (Å²) in [6, 6.07) is 4.94. The summed E-state index contributed by atoms with van der Waals surface area (Å²) in [5.74, 6) is -1.02. The fraction of sp³-hybridized carbons (Fsp3) is 0.182. The highest BCUT2D eigenvalue weighted by Gasteiger charge is 2.05. The van der Waals surface area contributed by atoms with E-state index in [9.17, 15) is 4.79 Å². The molecule has 0 aliphatic rings. The van der Waals surface area contributed by atoms with E-state index in [1.807, 2.05) is 13.1 Å². The first-order valence-corrected chi connectivity index (χ1v) is 4.83. The number of carboxylic acid groups (broad SMARTS) is 1. The van der Waals surface area contributed by atoms with Gasteiger partial charge in [0.05, 0.1) is 18.4 Å². The van der Waals surface area contributed by atoms with E-state index in [0.717, 1.165) is 5.56 Å². The molecule has 0 saturated heterocycles. The molecular weight excluding hydrogens is 206 g/mol. The number of aromatic nitrogens is 3. The number of nitrogens with zero attached hydrogens (tertiary/aromatic N) is 3. The second kappa shape index (κ2) is 4.14. The lowest BCUT2D eigenvalue weighted by atomic mass is 10.3. The number of aromatic carboxylic acids is 1. The summed E-state index contributed by atoms with van der Waals surface area (Å²) in [7, 11) is 0. The van der Waals surface area contributed by atoms with E-state index in [-0.39, 0.29) is 5.69 Å². The van der Waals surface area contributed by atoms with Gasteiger partial charge in [-0.2, -0.15) is 5.10 Å². The second-order valence-electron chi connectivity index (χ2n) is 3.53. The van der Waals surface area contributed by atoms with Crippen molar-refractivity contribution in [1.29, 1.82) is 0 Å². The van der Waals surface area contributed by atoms with Crippen LogP contribution in [0.5, 0.6) is 0 Å². The predicted molar refractivity (Wildman–Crippen MR) is 57.3 cm³/mol. The van der Waals surface area contributed by atoms with Gasteiger partial charge in [0.2, 0.25) is 0 Å². The molecule has 2 heterocycles. The average molecular weight is 217 g/mol. The molecule has 0 radical (unpaired) electrons. The molecule has 16 heavy (non-hydrogen) atoms. The zero-order valence-corrected chi connectivity index (χ0v) is 8.79. The molecule has 0 saturated carbocycles. The predicted octanol–water partition coefficient (Wildman–Crippen LogP) is 1.33. The quantitative estimate of drug-likeness (QED) is 0.842. The molecule has 5 heteroatoms. The van der Waals surface area contributed by atoms with Crippen LogP contribution in [0.15, 0.2) is 30.6 Å². The lowest BCUT2D eigenvalue weighted by Crippen LogP contribution is -2.06. The van der Waals surface area contributed by atoms with Gasteiger partial charge >= 0.3 is 5.97 Å². The molecule has 0 fully saturated rings. The topological polar surface area (TPSA) is 68.0 Å². The third-order valence-electron chi connectivity index (χ3n) is 2.11. The Morgan fingerprint density at radius 2 is 2.31 bits per heavy atom. The van der Waals surface area contributed by atoms with Crippen LogP contribution in [-0.2, 0) is 6.54 Å². The van der Waals surface area contributed by atoms with Crippen LogP contribution in [0, 0.1) is 6.92 Å². The standard InChI is InChI=1S/C11H11N3O2/c1-8-5-12-14(6-8)7-9-3-2-4-10(13-9)11(15)16/h2-6H,7H2,1H3,(H,15,16). The Balaban J connectivity index is 2.21. The van der Waals surface area contributed by atoms with Crippen LogP contribution < -0.4 is 0 Å². The summed E-state index contributed by atoms with van der Waals surface area (Å²) in [6.45, 7) is 2.43. The highest BCUT2D eigenvalue weighted by Crippen LogP contribution is 2.03. The van der Waals surface area contributed by atoms with Crippen LogP contribution in [0.2, 0.25) is 0 Å². The molecule has 0 atom stereocenters. The SMILES string of the molecule is Cc1cnn(Cc2cccc(C(=O)O)n2)c1. The highest BCUT2D eigenvalue weighted by atomic mass is 16.4. The van der Waals surface area contributed by atoms with Crippen molar-refractivity contribution >= 4 is 5.97 Å². The van der Waals surface area contributed by atoms with E-state index >= 15 is 0 Å². The number of carboxylic acids is 1. The van der Waals surface area contributed by atoms with Gasteiger partial charge in [0.15, 0.2) is 0 Å². The second-order valence-corrected chi connectivity index (χ2v) is 3.53. The maximum atomic E-state index is 10.7. The van der Waals surface area contributed by atoms with Gasteiger partial charge in [-0.3, -0.25) is 4.68 Å². The van der Waals surface area contributed by atoms with E-state index < -0.39 is 5.97 Å². The van der Waals surface area contributed by atoms with Crippen molar-refractivity contribution in [2.75, 3.05) is 0 Å². The zero-order chi connectivity index (χ0) is 11.5. The Morgan fingerprint density at radius 1 is 1.50 bits per heavy atom. The van der Waals surface area contributed by atoms with Gasteiger partial charge in [-0.1, -0.05) is 6.07 Å². The molecule has 5 nitrogen and oxygen atoms in total. The van der Waals surface area contributed by atoms with Gasteiger partial charge in [0.25, 0.3) is 0 Å². The van der Waals surface area contributed by atoms with Gasteiger partial charge in [-0.15, -0.1) is 0 Å². The molecule has 2 aromatic heterocycles. The molecule has 0 spiro atoms. The molecule has 0 aromatic carbocycles. The van der Waals surface area contributed by atoms with Gasteiger partial charge < -0.3 is 5.11 Å². The zero-order valence-electron chi connectivity index (χ0n) is 8.79. The van der Waals surface area contributed by atoms with Gasteiger partial charge in [-0.05, 0) is 24.6 Å². The van der Waals surface area contributed by atoms with Crippen LogP contribution in [0.25, 0.3) is 0 Å². The van der Waals surface area contributed by atoms with Crippen molar-refractivity contribution in [2.45, 2.75) is 13.5 Å².